The molecule has 0 N–H and O–H groups in total. The van der Waals surface area contributed by atoms with Crippen molar-refractivity contribution in [1.82, 2.24) is 19.4 Å². The first-order valence-electron chi connectivity index (χ1n) is 9.76. The van der Waals surface area contributed by atoms with Crippen LogP contribution in [-0.2, 0) is 22.6 Å². The van der Waals surface area contributed by atoms with Crippen LogP contribution in [0.3, 0.4) is 0 Å². The van der Waals surface area contributed by atoms with Crippen LogP contribution in [0.25, 0.3) is 11.4 Å². The number of aryl methyl sites for hydroxylation is 1. The molecule has 0 spiro atoms. The lowest BCUT2D eigenvalue weighted by atomic mass is 10.2. The lowest BCUT2D eigenvalue weighted by Gasteiger charge is -2.17. The van der Waals surface area contributed by atoms with Gasteiger partial charge in [-0.3, -0.25) is 0 Å². The van der Waals surface area contributed by atoms with Gasteiger partial charge in [0, 0.05) is 24.4 Å². The van der Waals surface area contributed by atoms with Crippen molar-refractivity contribution >= 4 is 10.0 Å². The number of hydrogen-bond donors (Lipinski definition) is 0. The molecule has 12 heteroatoms. The van der Waals surface area contributed by atoms with E-state index in [1.807, 2.05) is 30.3 Å². The average Bonchev–Trinajstić information content (AvgIpc) is 3.44. The number of benzene rings is 1. The lowest BCUT2D eigenvalue weighted by molar-refractivity contribution is -0.159. The van der Waals surface area contributed by atoms with E-state index in [-0.39, 0.29) is 35.7 Å². The van der Waals surface area contributed by atoms with E-state index in [9.17, 15) is 21.6 Å². The molecule has 1 saturated heterocycles. The Bertz CT molecular complexity index is 1150. The fourth-order valence-electron chi connectivity index (χ4n) is 3.28. The first-order chi connectivity index (χ1) is 15.2. The molecule has 2 aromatic heterocycles. The van der Waals surface area contributed by atoms with Crippen molar-refractivity contribution in [2.75, 3.05) is 18.8 Å². The Morgan fingerprint density at radius 2 is 1.94 bits per heavy atom. The quantitative estimate of drug-likeness (QED) is 0.525. The van der Waals surface area contributed by atoms with Gasteiger partial charge in [-0.05, 0) is 24.5 Å². The molecule has 8 nitrogen and oxygen atoms in total. The van der Waals surface area contributed by atoms with Gasteiger partial charge in [0.2, 0.25) is 21.7 Å². The molecular formula is C20H19F3N4O4S. The minimum atomic E-state index is -4.72. The van der Waals surface area contributed by atoms with Crippen molar-refractivity contribution in [2.24, 2.45) is 0 Å². The number of alkyl halides is 3. The summed E-state index contributed by atoms with van der Waals surface area (Å²) in [6.07, 6.45) is -2.89. The van der Waals surface area contributed by atoms with Gasteiger partial charge < -0.3 is 9.26 Å². The molecule has 4 rings (SSSR count). The minimum absolute atomic E-state index is 0.0152. The van der Waals surface area contributed by atoms with Gasteiger partial charge in [0.05, 0.1) is 12.3 Å². The molecule has 3 aromatic rings. The smallest absolute Gasteiger partial charge is 0.471 e. The van der Waals surface area contributed by atoms with E-state index in [4.69, 9.17) is 4.74 Å². The van der Waals surface area contributed by atoms with Crippen LogP contribution in [0.15, 0.2) is 53.2 Å². The van der Waals surface area contributed by atoms with Gasteiger partial charge in [-0.2, -0.15) is 22.5 Å². The number of hydrogen-bond acceptors (Lipinski definition) is 7. The first-order valence-corrected chi connectivity index (χ1v) is 11.4. The molecule has 3 heterocycles. The molecule has 0 saturated carbocycles. The molecule has 0 radical (unpaired) electrons. The zero-order chi connectivity index (χ0) is 22.8. The Morgan fingerprint density at radius 3 is 2.59 bits per heavy atom. The number of nitrogens with zero attached hydrogens (tertiary/aromatic N) is 4. The van der Waals surface area contributed by atoms with Crippen molar-refractivity contribution < 1.29 is 30.8 Å². The van der Waals surface area contributed by atoms with E-state index < -0.39 is 22.1 Å². The van der Waals surface area contributed by atoms with Gasteiger partial charge in [-0.1, -0.05) is 35.5 Å². The molecule has 0 amide bonds. The average molecular weight is 468 g/mol. The number of pyridine rings is 1. The second-order valence-corrected chi connectivity index (χ2v) is 9.33. The molecule has 0 bridgehead atoms. The number of ether oxygens (including phenoxy) is 1. The largest absolute Gasteiger partial charge is 0.473 e. The second-order valence-electron chi connectivity index (χ2n) is 7.24. The Kier molecular flexibility index (Phi) is 6.15. The van der Waals surface area contributed by atoms with E-state index in [2.05, 4.69) is 19.6 Å². The normalized spacial score (nSPS) is 17.5. The van der Waals surface area contributed by atoms with Crippen molar-refractivity contribution in [3.63, 3.8) is 0 Å². The van der Waals surface area contributed by atoms with Gasteiger partial charge in [-0.15, -0.1) is 0 Å². The molecular weight excluding hydrogens is 449 g/mol. The fraction of sp³-hybridized carbons (Fsp3) is 0.350. The highest BCUT2D eigenvalue weighted by atomic mass is 32.2. The monoisotopic (exact) mass is 468 g/mol. The van der Waals surface area contributed by atoms with Crippen LogP contribution in [0.1, 0.15) is 17.9 Å². The van der Waals surface area contributed by atoms with Gasteiger partial charge >= 0.3 is 12.1 Å². The SMILES string of the molecule is O=S(=O)(CCc1ccccc1)N1CC[C@H](Oc2ccc(-c3noc(C(F)(F)F)n3)cn2)C1. The molecule has 1 atom stereocenters. The van der Waals surface area contributed by atoms with E-state index in [0.29, 0.717) is 19.4 Å². The maximum Gasteiger partial charge on any atom is 0.471 e. The maximum absolute atomic E-state index is 12.6. The molecule has 1 aliphatic rings. The number of aromatic nitrogens is 3. The van der Waals surface area contributed by atoms with Crippen LogP contribution in [0.2, 0.25) is 0 Å². The van der Waals surface area contributed by atoms with Crippen LogP contribution in [-0.4, -0.2) is 52.8 Å². The summed E-state index contributed by atoms with van der Waals surface area (Å²) >= 11 is 0. The molecule has 1 aliphatic heterocycles. The number of rotatable bonds is 7. The minimum Gasteiger partial charge on any atom is -0.473 e. The summed E-state index contributed by atoms with van der Waals surface area (Å²) in [7, 11) is -3.42. The van der Waals surface area contributed by atoms with Crippen LogP contribution < -0.4 is 4.74 Å². The van der Waals surface area contributed by atoms with Crippen molar-refractivity contribution in [3.8, 4) is 17.3 Å². The number of halogens is 3. The van der Waals surface area contributed by atoms with Crippen LogP contribution in [0, 0.1) is 0 Å². The Morgan fingerprint density at radius 1 is 1.16 bits per heavy atom. The summed E-state index contributed by atoms with van der Waals surface area (Å²) in [5.41, 5.74) is 1.18. The highest BCUT2D eigenvalue weighted by Crippen LogP contribution is 2.29. The predicted molar refractivity (Wildman–Crippen MR) is 107 cm³/mol. The zero-order valence-corrected chi connectivity index (χ0v) is 17.5. The zero-order valence-electron chi connectivity index (χ0n) is 16.7. The van der Waals surface area contributed by atoms with E-state index in [1.54, 1.807) is 0 Å². The van der Waals surface area contributed by atoms with Gasteiger partial charge in [0.25, 0.3) is 0 Å². The Labute approximate surface area is 182 Å². The van der Waals surface area contributed by atoms with Crippen LogP contribution in [0.5, 0.6) is 5.88 Å². The van der Waals surface area contributed by atoms with Crippen molar-refractivity contribution in [3.05, 3.63) is 60.1 Å². The Hall–Kier alpha value is -2.99. The van der Waals surface area contributed by atoms with E-state index in [1.165, 1.54) is 22.6 Å². The third-order valence-electron chi connectivity index (χ3n) is 4.94. The summed E-state index contributed by atoms with van der Waals surface area (Å²) in [5.74, 6) is -1.44. The standard InChI is InChI=1S/C20H19F3N4O4S/c21-20(22,23)19-25-18(26-31-19)15-6-7-17(24-12-15)30-16-8-10-27(13-16)32(28,29)11-9-14-4-2-1-3-5-14/h1-7,12,16H,8-11,13H2/t16-/m0/s1. The van der Waals surface area contributed by atoms with Crippen molar-refractivity contribution in [2.45, 2.75) is 25.1 Å². The third-order valence-corrected chi connectivity index (χ3v) is 6.78. The van der Waals surface area contributed by atoms with Crippen molar-refractivity contribution in [1.29, 1.82) is 0 Å². The highest BCUT2D eigenvalue weighted by Gasteiger charge is 2.38. The fourth-order valence-corrected chi connectivity index (χ4v) is 4.80. The first kappa shape index (κ1) is 22.2. The predicted octanol–water partition coefficient (Wildman–Crippen LogP) is 3.18. The van der Waals surface area contributed by atoms with Crippen LogP contribution in [0.4, 0.5) is 13.2 Å². The lowest BCUT2D eigenvalue weighted by Crippen LogP contribution is -2.33. The molecule has 0 aliphatic carbocycles. The molecule has 170 valence electrons. The third kappa shape index (κ3) is 5.25. The van der Waals surface area contributed by atoms with E-state index in [0.717, 1.165) is 5.56 Å². The van der Waals surface area contributed by atoms with Gasteiger partial charge in [-0.25, -0.2) is 13.4 Å². The second kappa shape index (κ2) is 8.87. The molecule has 32 heavy (non-hydrogen) atoms. The van der Waals surface area contributed by atoms with Crippen LogP contribution >= 0.6 is 0 Å². The number of sulfonamides is 1. The summed E-state index contributed by atoms with van der Waals surface area (Å²) < 4.78 is 74.4. The maximum atomic E-state index is 12.6. The van der Waals surface area contributed by atoms with E-state index >= 15 is 0 Å². The topological polar surface area (TPSA) is 98.4 Å². The molecule has 1 aromatic carbocycles. The Balaban J connectivity index is 1.33. The highest BCUT2D eigenvalue weighted by molar-refractivity contribution is 7.89. The summed E-state index contributed by atoms with van der Waals surface area (Å²) in [6, 6.07) is 12.3. The molecule has 0 unspecified atom stereocenters. The van der Waals surface area contributed by atoms with Gasteiger partial charge in [0.15, 0.2) is 0 Å². The van der Waals surface area contributed by atoms with Gasteiger partial charge in [0.1, 0.15) is 6.10 Å². The summed E-state index contributed by atoms with van der Waals surface area (Å²) in [4.78, 5) is 7.36. The summed E-state index contributed by atoms with van der Waals surface area (Å²) in [6.45, 7) is 0.559. The summed E-state index contributed by atoms with van der Waals surface area (Å²) in [5, 5.41) is 3.30. The molecule has 1 fully saturated rings.